The van der Waals surface area contributed by atoms with Crippen molar-refractivity contribution in [2.24, 2.45) is 0 Å². The monoisotopic (exact) mass is 531 g/mol. The second kappa shape index (κ2) is 13.0. The fraction of sp³-hybridized carbons (Fsp3) is 0.500. The van der Waals surface area contributed by atoms with Crippen molar-refractivity contribution in [2.45, 2.75) is 77.4 Å². The Kier molecular flexibility index (Phi) is 10.1. The summed E-state index contributed by atoms with van der Waals surface area (Å²) in [6.45, 7) is 4.25. The molecule has 37 heavy (non-hydrogen) atoms. The average Bonchev–Trinajstić information content (AvgIpc) is 3.36. The maximum atomic E-state index is 13.5. The molecule has 1 N–H and O–H groups in total. The summed E-state index contributed by atoms with van der Waals surface area (Å²) in [6, 6.07) is 12.5. The van der Waals surface area contributed by atoms with Crippen molar-refractivity contribution in [2.75, 3.05) is 17.1 Å². The molecule has 0 bridgehead atoms. The molecule has 1 atom stereocenters. The Bertz CT molecular complexity index is 1160. The number of nitrogens with zero attached hydrogens (tertiary/aromatic N) is 2. The summed E-state index contributed by atoms with van der Waals surface area (Å²) >= 11 is 0. The van der Waals surface area contributed by atoms with Gasteiger partial charge in [-0.3, -0.25) is 13.9 Å². The molecule has 1 fully saturated rings. The van der Waals surface area contributed by atoms with E-state index in [0.717, 1.165) is 43.1 Å². The van der Waals surface area contributed by atoms with Gasteiger partial charge in [0.1, 0.15) is 11.9 Å². The molecule has 2 amide bonds. The van der Waals surface area contributed by atoms with Crippen LogP contribution in [0.1, 0.15) is 63.0 Å². The largest absolute Gasteiger partial charge is 0.352 e. The van der Waals surface area contributed by atoms with Crippen LogP contribution in [0.2, 0.25) is 0 Å². The minimum Gasteiger partial charge on any atom is -0.352 e. The Balaban J connectivity index is 1.76. The van der Waals surface area contributed by atoms with Crippen LogP contribution in [0.5, 0.6) is 0 Å². The van der Waals surface area contributed by atoms with Crippen LogP contribution in [0.25, 0.3) is 0 Å². The lowest BCUT2D eigenvalue weighted by Crippen LogP contribution is -2.51. The molecule has 2 aromatic carbocycles. The van der Waals surface area contributed by atoms with E-state index >= 15 is 0 Å². The molecule has 9 heteroatoms. The van der Waals surface area contributed by atoms with Crippen LogP contribution in [0.4, 0.5) is 10.1 Å². The number of amides is 2. The average molecular weight is 532 g/mol. The highest BCUT2D eigenvalue weighted by Crippen LogP contribution is 2.22. The molecular weight excluding hydrogens is 493 g/mol. The minimum atomic E-state index is -3.63. The second-order valence-electron chi connectivity index (χ2n) is 9.78. The van der Waals surface area contributed by atoms with Gasteiger partial charge in [0.15, 0.2) is 0 Å². The van der Waals surface area contributed by atoms with Gasteiger partial charge in [0.05, 0.1) is 11.9 Å². The summed E-state index contributed by atoms with van der Waals surface area (Å²) in [5.41, 5.74) is 2.34. The van der Waals surface area contributed by atoms with Gasteiger partial charge in [-0.2, -0.15) is 0 Å². The van der Waals surface area contributed by atoms with Crippen molar-refractivity contribution >= 4 is 27.5 Å². The van der Waals surface area contributed by atoms with E-state index in [1.165, 1.54) is 28.6 Å². The van der Waals surface area contributed by atoms with Gasteiger partial charge in [0, 0.05) is 25.6 Å². The highest BCUT2D eigenvalue weighted by Gasteiger charge is 2.31. The van der Waals surface area contributed by atoms with E-state index in [-0.39, 0.29) is 37.2 Å². The van der Waals surface area contributed by atoms with E-state index in [9.17, 15) is 22.4 Å². The molecule has 0 unspecified atom stereocenters. The molecule has 0 heterocycles. The van der Waals surface area contributed by atoms with E-state index in [4.69, 9.17) is 0 Å². The molecular formula is C28H38FN3O4S. The number of sulfonamides is 1. The fourth-order valence-corrected chi connectivity index (χ4v) is 5.83. The Morgan fingerprint density at radius 2 is 1.73 bits per heavy atom. The Hall–Kier alpha value is -2.94. The van der Waals surface area contributed by atoms with Crippen molar-refractivity contribution in [1.29, 1.82) is 0 Å². The van der Waals surface area contributed by atoms with E-state index in [1.54, 1.807) is 4.90 Å². The number of nitrogens with one attached hydrogen (secondary N) is 1. The molecule has 0 spiro atoms. The molecule has 0 saturated heterocycles. The van der Waals surface area contributed by atoms with Crippen LogP contribution < -0.4 is 9.62 Å². The van der Waals surface area contributed by atoms with Gasteiger partial charge in [-0.15, -0.1) is 0 Å². The molecule has 3 rings (SSSR count). The van der Waals surface area contributed by atoms with Gasteiger partial charge in [-0.05, 0) is 68.0 Å². The normalized spacial score (nSPS) is 14.8. The SMILES string of the molecule is CC[C@H](C(=O)NC1CCCC1)N(Cc1ccccc1C)C(=O)CCCN(c1ccc(F)cc1)S(C)(=O)=O. The molecule has 202 valence electrons. The summed E-state index contributed by atoms with van der Waals surface area (Å²) < 4.78 is 39.3. The lowest BCUT2D eigenvalue weighted by molar-refractivity contribution is -0.141. The first kappa shape index (κ1) is 28.6. The van der Waals surface area contributed by atoms with Gasteiger partial charge < -0.3 is 10.2 Å². The summed E-state index contributed by atoms with van der Waals surface area (Å²) in [6.07, 6.45) is 6.00. The standard InChI is InChI=1S/C28H38FN3O4S/c1-4-26(28(34)30-24-12-7-8-13-24)31(20-22-11-6-5-10-21(22)2)27(33)14-9-19-32(37(3,35)36)25-17-15-23(29)16-18-25/h5-6,10-11,15-18,24,26H,4,7-9,12-14,19-20H2,1-3H3,(H,30,34)/t26-/m1/s1. The first-order valence-corrected chi connectivity index (χ1v) is 14.8. The van der Waals surface area contributed by atoms with Gasteiger partial charge in [-0.1, -0.05) is 44.0 Å². The van der Waals surface area contributed by atoms with E-state index in [2.05, 4.69) is 5.32 Å². The Labute approximate surface area is 220 Å². The van der Waals surface area contributed by atoms with Crippen LogP contribution in [-0.4, -0.2) is 50.0 Å². The number of carbonyl (C=O) groups is 2. The summed E-state index contributed by atoms with van der Waals surface area (Å²) in [4.78, 5) is 28.4. The van der Waals surface area contributed by atoms with E-state index in [0.29, 0.717) is 18.7 Å². The molecule has 1 aliphatic rings. The van der Waals surface area contributed by atoms with Gasteiger partial charge in [-0.25, -0.2) is 12.8 Å². The summed E-state index contributed by atoms with van der Waals surface area (Å²) in [7, 11) is -3.63. The van der Waals surface area contributed by atoms with E-state index < -0.39 is 21.9 Å². The number of aryl methyl sites for hydroxylation is 1. The van der Waals surface area contributed by atoms with Crippen molar-refractivity contribution in [1.82, 2.24) is 10.2 Å². The molecule has 7 nitrogen and oxygen atoms in total. The number of carbonyl (C=O) groups excluding carboxylic acids is 2. The first-order chi connectivity index (χ1) is 17.6. The van der Waals surface area contributed by atoms with E-state index in [1.807, 2.05) is 38.1 Å². The molecule has 0 radical (unpaired) electrons. The van der Waals surface area contributed by atoms with Crippen LogP contribution in [0.3, 0.4) is 0 Å². The summed E-state index contributed by atoms with van der Waals surface area (Å²) in [5, 5.41) is 3.13. The van der Waals surface area contributed by atoms with Crippen LogP contribution in [-0.2, 0) is 26.2 Å². The molecule has 0 aliphatic heterocycles. The van der Waals surface area contributed by atoms with Crippen LogP contribution in [0.15, 0.2) is 48.5 Å². The van der Waals surface area contributed by atoms with Crippen molar-refractivity contribution in [3.63, 3.8) is 0 Å². The zero-order valence-electron chi connectivity index (χ0n) is 22.0. The number of anilines is 1. The van der Waals surface area contributed by atoms with Gasteiger partial charge in [0.25, 0.3) is 0 Å². The minimum absolute atomic E-state index is 0.0689. The Morgan fingerprint density at radius 3 is 2.32 bits per heavy atom. The van der Waals surface area contributed by atoms with Crippen LogP contribution in [0, 0.1) is 12.7 Å². The molecule has 1 saturated carbocycles. The number of hydrogen-bond donors (Lipinski definition) is 1. The maximum absolute atomic E-state index is 13.5. The molecule has 0 aromatic heterocycles. The molecule has 2 aromatic rings. The quantitative estimate of drug-likeness (QED) is 0.436. The summed E-state index contributed by atoms with van der Waals surface area (Å²) in [5.74, 6) is -0.801. The Morgan fingerprint density at radius 1 is 1.08 bits per heavy atom. The highest BCUT2D eigenvalue weighted by atomic mass is 32.2. The third kappa shape index (κ3) is 8.02. The van der Waals surface area contributed by atoms with Crippen LogP contribution >= 0.6 is 0 Å². The van der Waals surface area contributed by atoms with Gasteiger partial charge in [0.2, 0.25) is 21.8 Å². The third-order valence-corrected chi connectivity index (χ3v) is 8.15. The first-order valence-electron chi connectivity index (χ1n) is 13.0. The maximum Gasteiger partial charge on any atom is 0.243 e. The third-order valence-electron chi connectivity index (χ3n) is 6.96. The number of rotatable bonds is 12. The molecule has 1 aliphatic carbocycles. The fourth-order valence-electron chi connectivity index (χ4n) is 4.87. The van der Waals surface area contributed by atoms with Crippen molar-refractivity contribution in [3.8, 4) is 0 Å². The number of halogens is 1. The smallest absolute Gasteiger partial charge is 0.243 e. The van der Waals surface area contributed by atoms with Crippen molar-refractivity contribution in [3.05, 3.63) is 65.5 Å². The predicted molar refractivity (Wildman–Crippen MR) is 144 cm³/mol. The lowest BCUT2D eigenvalue weighted by atomic mass is 10.0. The number of hydrogen-bond acceptors (Lipinski definition) is 4. The van der Waals surface area contributed by atoms with Gasteiger partial charge >= 0.3 is 0 Å². The predicted octanol–water partition coefficient (Wildman–Crippen LogP) is 4.55. The topological polar surface area (TPSA) is 86.8 Å². The second-order valence-corrected chi connectivity index (χ2v) is 11.7. The zero-order chi connectivity index (χ0) is 27.0. The zero-order valence-corrected chi connectivity index (χ0v) is 22.8. The highest BCUT2D eigenvalue weighted by molar-refractivity contribution is 7.92. The number of benzene rings is 2. The van der Waals surface area contributed by atoms with Crippen molar-refractivity contribution < 1.29 is 22.4 Å². The lowest BCUT2D eigenvalue weighted by Gasteiger charge is -2.32.